The van der Waals surface area contributed by atoms with Gasteiger partial charge in [0.15, 0.2) is 5.78 Å². The third-order valence-electron chi connectivity index (χ3n) is 3.20. The number of fused-ring (bicyclic) bond motifs is 1. The Bertz CT molecular complexity index is 667. The number of carbonyl (C=O) groups excluding carboxylic acids is 1. The summed E-state index contributed by atoms with van der Waals surface area (Å²) in [6.07, 6.45) is 0.778. The third-order valence-corrected chi connectivity index (χ3v) is 3.42. The molecule has 19 heavy (non-hydrogen) atoms. The minimum atomic E-state index is -0.154. The molecule has 3 nitrogen and oxygen atoms in total. The van der Waals surface area contributed by atoms with Crippen LogP contribution in [-0.2, 0) is 6.42 Å². The third kappa shape index (κ3) is 2.06. The number of ether oxygens (including phenoxy) is 1. The summed E-state index contributed by atoms with van der Waals surface area (Å²) >= 11 is 6.06. The van der Waals surface area contributed by atoms with Gasteiger partial charge in [-0.15, -0.1) is 0 Å². The molecule has 0 aliphatic carbocycles. The van der Waals surface area contributed by atoms with Gasteiger partial charge < -0.3 is 10.5 Å². The molecule has 2 N–H and O–H groups in total. The minimum Gasteiger partial charge on any atom is -0.492 e. The zero-order valence-electron chi connectivity index (χ0n) is 10.2. The molecule has 0 spiro atoms. The number of halogens is 1. The second kappa shape index (κ2) is 4.59. The molecule has 1 heterocycles. The van der Waals surface area contributed by atoms with E-state index in [0.29, 0.717) is 34.2 Å². The molecule has 0 amide bonds. The van der Waals surface area contributed by atoms with E-state index in [4.69, 9.17) is 22.1 Å². The fourth-order valence-electron chi connectivity index (χ4n) is 2.29. The van der Waals surface area contributed by atoms with Crippen LogP contribution in [0.3, 0.4) is 0 Å². The van der Waals surface area contributed by atoms with Gasteiger partial charge in [0, 0.05) is 22.7 Å². The Balaban J connectivity index is 2.13. The molecule has 0 aromatic heterocycles. The number of para-hydroxylation sites is 1. The molecular weight excluding hydrogens is 262 g/mol. The number of anilines is 1. The molecule has 0 atom stereocenters. The molecule has 0 fully saturated rings. The quantitative estimate of drug-likeness (QED) is 0.676. The second-order valence-corrected chi connectivity index (χ2v) is 4.89. The Morgan fingerprint density at radius 2 is 2.00 bits per heavy atom. The molecule has 0 saturated heterocycles. The van der Waals surface area contributed by atoms with Crippen molar-refractivity contribution in [1.82, 2.24) is 0 Å². The summed E-state index contributed by atoms with van der Waals surface area (Å²) in [6, 6.07) is 10.5. The van der Waals surface area contributed by atoms with Crippen molar-refractivity contribution in [3.63, 3.8) is 0 Å². The van der Waals surface area contributed by atoms with E-state index in [-0.39, 0.29) is 5.78 Å². The highest BCUT2D eigenvalue weighted by molar-refractivity contribution is 6.31. The van der Waals surface area contributed by atoms with E-state index in [2.05, 4.69) is 0 Å². The zero-order valence-corrected chi connectivity index (χ0v) is 10.9. The normalized spacial score (nSPS) is 12.9. The number of nitrogens with two attached hydrogens (primary N) is 1. The highest BCUT2D eigenvalue weighted by Crippen LogP contribution is 2.34. The lowest BCUT2D eigenvalue weighted by atomic mass is 9.98. The maximum absolute atomic E-state index is 12.6. The molecular formula is C15H12ClNO2. The van der Waals surface area contributed by atoms with E-state index in [1.54, 1.807) is 30.3 Å². The summed E-state index contributed by atoms with van der Waals surface area (Å²) in [5.74, 6) is 0.483. The Labute approximate surface area is 115 Å². The summed E-state index contributed by atoms with van der Waals surface area (Å²) in [7, 11) is 0. The number of hydrogen-bond donors (Lipinski definition) is 1. The topological polar surface area (TPSA) is 52.3 Å². The zero-order chi connectivity index (χ0) is 13.4. The predicted molar refractivity (Wildman–Crippen MR) is 74.9 cm³/mol. The number of nitrogen functional groups attached to an aromatic ring is 1. The standard InChI is InChI=1S/C15H12ClNO2/c16-10-7-9-5-6-19-15(9)12(8-10)14(18)11-3-1-2-4-13(11)17/h1-4,7-8H,5-6,17H2. The molecule has 4 heteroatoms. The van der Waals surface area contributed by atoms with Gasteiger partial charge in [0.05, 0.1) is 12.2 Å². The summed E-state index contributed by atoms with van der Waals surface area (Å²) < 4.78 is 5.55. The molecule has 3 rings (SSSR count). The lowest BCUT2D eigenvalue weighted by molar-refractivity contribution is 0.103. The van der Waals surface area contributed by atoms with Crippen molar-refractivity contribution >= 4 is 23.1 Å². The summed E-state index contributed by atoms with van der Waals surface area (Å²) in [6.45, 7) is 0.584. The van der Waals surface area contributed by atoms with E-state index in [1.807, 2.05) is 6.07 Å². The molecule has 96 valence electrons. The van der Waals surface area contributed by atoms with Crippen LogP contribution >= 0.6 is 11.6 Å². The fraction of sp³-hybridized carbons (Fsp3) is 0.133. The van der Waals surface area contributed by atoms with E-state index in [0.717, 1.165) is 12.0 Å². The van der Waals surface area contributed by atoms with E-state index in [1.165, 1.54) is 0 Å². The van der Waals surface area contributed by atoms with Gasteiger partial charge >= 0.3 is 0 Å². The number of benzene rings is 2. The van der Waals surface area contributed by atoms with Crippen molar-refractivity contribution in [3.05, 3.63) is 58.1 Å². The average Bonchev–Trinajstić information content (AvgIpc) is 2.85. The van der Waals surface area contributed by atoms with E-state index in [9.17, 15) is 4.79 Å². The lowest BCUT2D eigenvalue weighted by Crippen LogP contribution is -2.07. The molecule has 1 aliphatic rings. The van der Waals surface area contributed by atoms with Crippen LogP contribution in [0.25, 0.3) is 0 Å². The highest BCUT2D eigenvalue weighted by Gasteiger charge is 2.23. The lowest BCUT2D eigenvalue weighted by Gasteiger charge is -2.09. The van der Waals surface area contributed by atoms with Crippen molar-refractivity contribution in [2.45, 2.75) is 6.42 Å². The monoisotopic (exact) mass is 273 g/mol. The van der Waals surface area contributed by atoms with Crippen LogP contribution in [0.1, 0.15) is 21.5 Å². The summed E-state index contributed by atoms with van der Waals surface area (Å²) in [5.41, 5.74) is 8.24. The van der Waals surface area contributed by atoms with Gasteiger partial charge in [-0.05, 0) is 29.8 Å². The Morgan fingerprint density at radius 3 is 2.79 bits per heavy atom. The van der Waals surface area contributed by atoms with Gasteiger partial charge in [-0.1, -0.05) is 23.7 Å². The number of carbonyl (C=O) groups is 1. The first kappa shape index (κ1) is 12.1. The van der Waals surface area contributed by atoms with Crippen LogP contribution in [0.4, 0.5) is 5.69 Å². The van der Waals surface area contributed by atoms with Crippen molar-refractivity contribution in [1.29, 1.82) is 0 Å². The Hall–Kier alpha value is -2.00. The van der Waals surface area contributed by atoms with Crippen LogP contribution in [0.2, 0.25) is 5.02 Å². The molecule has 0 saturated carbocycles. The molecule has 0 radical (unpaired) electrons. The number of hydrogen-bond acceptors (Lipinski definition) is 3. The van der Waals surface area contributed by atoms with Crippen molar-refractivity contribution in [2.75, 3.05) is 12.3 Å². The first-order valence-corrected chi connectivity index (χ1v) is 6.39. The van der Waals surface area contributed by atoms with Crippen molar-refractivity contribution in [2.24, 2.45) is 0 Å². The maximum Gasteiger partial charge on any atom is 0.198 e. The first-order valence-electron chi connectivity index (χ1n) is 6.01. The first-order chi connectivity index (χ1) is 9.16. The molecule has 0 unspecified atom stereocenters. The second-order valence-electron chi connectivity index (χ2n) is 4.46. The smallest absolute Gasteiger partial charge is 0.198 e. The number of ketones is 1. The molecule has 1 aliphatic heterocycles. The van der Waals surface area contributed by atoms with Crippen LogP contribution in [0, 0.1) is 0 Å². The van der Waals surface area contributed by atoms with Crippen LogP contribution in [-0.4, -0.2) is 12.4 Å². The van der Waals surface area contributed by atoms with Crippen LogP contribution in [0.5, 0.6) is 5.75 Å². The molecule has 2 aromatic carbocycles. The van der Waals surface area contributed by atoms with Crippen molar-refractivity contribution < 1.29 is 9.53 Å². The average molecular weight is 274 g/mol. The molecule has 2 aromatic rings. The summed E-state index contributed by atoms with van der Waals surface area (Å²) in [5, 5.41) is 0.544. The van der Waals surface area contributed by atoms with Gasteiger partial charge in [-0.2, -0.15) is 0 Å². The molecule has 0 bridgehead atoms. The predicted octanol–water partition coefficient (Wildman–Crippen LogP) is 3.09. The van der Waals surface area contributed by atoms with E-state index >= 15 is 0 Å². The highest BCUT2D eigenvalue weighted by atomic mass is 35.5. The van der Waals surface area contributed by atoms with Gasteiger partial charge in [0.1, 0.15) is 5.75 Å². The van der Waals surface area contributed by atoms with Gasteiger partial charge in [-0.3, -0.25) is 4.79 Å². The summed E-state index contributed by atoms with van der Waals surface area (Å²) in [4.78, 5) is 12.6. The maximum atomic E-state index is 12.6. The van der Waals surface area contributed by atoms with Gasteiger partial charge in [-0.25, -0.2) is 0 Å². The number of rotatable bonds is 2. The van der Waals surface area contributed by atoms with Crippen LogP contribution in [0.15, 0.2) is 36.4 Å². The SMILES string of the molecule is Nc1ccccc1C(=O)c1cc(Cl)cc2c1OCC2. The Kier molecular flexibility index (Phi) is 2.91. The minimum absolute atomic E-state index is 0.154. The fourth-order valence-corrected chi connectivity index (χ4v) is 2.53. The Morgan fingerprint density at radius 1 is 1.21 bits per heavy atom. The van der Waals surface area contributed by atoms with Gasteiger partial charge in [0.25, 0.3) is 0 Å². The van der Waals surface area contributed by atoms with Crippen LogP contribution < -0.4 is 10.5 Å². The van der Waals surface area contributed by atoms with Crippen molar-refractivity contribution in [3.8, 4) is 5.75 Å². The largest absolute Gasteiger partial charge is 0.492 e. The van der Waals surface area contributed by atoms with Gasteiger partial charge in [0.2, 0.25) is 0 Å². The van der Waals surface area contributed by atoms with E-state index < -0.39 is 0 Å².